The predicted molar refractivity (Wildman–Crippen MR) is 128 cm³/mol. The van der Waals surface area contributed by atoms with Gasteiger partial charge in [0.05, 0.1) is 12.7 Å². The summed E-state index contributed by atoms with van der Waals surface area (Å²) >= 11 is 6.12. The number of dihydropyridines is 1. The van der Waals surface area contributed by atoms with Crippen molar-refractivity contribution in [3.05, 3.63) is 87.2 Å². The number of carbonyl (C=O) groups is 2. The normalized spacial score (nSPS) is 19.7. The maximum absolute atomic E-state index is 13.4. The van der Waals surface area contributed by atoms with Crippen LogP contribution in [0, 0.1) is 5.41 Å². The van der Waals surface area contributed by atoms with E-state index in [4.69, 9.17) is 21.1 Å². The third-order valence-corrected chi connectivity index (χ3v) is 6.44. The van der Waals surface area contributed by atoms with Crippen LogP contribution in [0.15, 0.2) is 71.1 Å². The molecule has 0 saturated heterocycles. The summed E-state index contributed by atoms with van der Waals surface area (Å²) in [4.78, 5) is 26.7. The van der Waals surface area contributed by atoms with Crippen molar-refractivity contribution in [2.75, 3.05) is 7.11 Å². The van der Waals surface area contributed by atoms with Crippen molar-refractivity contribution in [1.82, 2.24) is 5.32 Å². The highest BCUT2D eigenvalue weighted by molar-refractivity contribution is 6.30. The van der Waals surface area contributed by atoms with Crippen LogP contribution in [0.1, 0.15) is 50.7 Å². The molecule has 4 rings (SSSR count). The van der Waals surface area contributed by atoms with Crippen molar-refractivity contribution in [2.45, 2.75) is 46.1 Å². The standard InChI is InChI=1S/C27H28ClNO4/c1-16-23(26(31)33-15-17-5-11-20(32-4)12-6-17)24(18-7-9-19(28)10-8-18)25-21(29-16)13-27(2,3)14-22(25)30/h5-12,24,29H,13-15H2,1-4H3/t24-/m0/s1. The Morgan fingerprint density at radius 2 is 1.76 bits per heavy atom. The molecular formula is C27H28ClNO4. The second kappa shape index (κ2) is 9.06. The molecule has 33 heavy (non-hydrogen) atoms. The van der Waals surface area contributed by atoms with Crippen LogP contribution in [-0.4, -0.2) is 18.9 Å². The van der Waals surface area contributed by atoms with Gasteiger partial charge in [-0.3, -0.25) is 4.79 Å². The maximum Gasteiger partial charge on any atom is 0.337 e. The average Bonchev–Trinajstić information content (AvgIpc) is 2.76. The van der Waals surface area contributed by atoms with Gasteiger partial charge in [-0.1, -0.05) is 49.7 Å². The average molecular weight is 466 g/mol. The number of Topliss-reactive ketones (excluding diaryl/α,β-unsaturated/α-hetero) is 1. The van der Waals surface area contributed by atoms with Gasteiger partial charge in [0, 0.05) is 34.3 Å². The van der Waals surface area contributed by atoms with E-state index >= 15 is 0 Å². The number of halogens is 1. The van der Waals surface area contributed by atoms with Crippen molar-refractivity contribution in [3.8, 4) is 5.75 Å². The molecule has 5 nitrogen and oxygen atoms in total. The van der Waals surface area contributed by atoms with Gasteiger partial charge in [-0.2, -0.15) is 0 Å². The first-order valence-electron chi connectivity index (χ1n) is 11.0. The highest BCUT2D eigenvalue weighted by Crippen LogP contribution is 2.46. The molecule has 0 unspecified atom stereocenters. The van der Waals surface area contributed by atoms with E-state index in [-0.39, 0.29) is 17.8 Å². The van der Waals surface area contributed by atoms with E-state index in [2.05, 4.69) is 19.2 Å². The molecule has 2 aromatic rings. The topological polar surface area (TPSA) is 64.6 Å². The lowest BCUT2D eigenvalue weighted by Gasteiger charge is -2.39. The molecule has 2 aliphatic rings. The number of carbonyl (C=O) groups excluding carboxylic acids is 2. The molecule has 172 valence electrons. The second-order valence-corrected chi connectivity index (χ2v) is 9.84. The highest BCUT2D eigenvalue weighted by atomic mass is 35.5. The van der Waals surface area contributed by atoms with Gasteiger partial charge in [0.15, 0.2) is 5.78 Å². The predicted octanol–water partition coefficient (Wildman–Crippen LogP) is 5.70. The Bertz CT molecular complexity index is 1140. The Hall–Kier alpha value is -3.05. The summed E-state index contributed by atoms with van der Waals surface area (Å²) in [6.07, 6.45) is 1.18. The first-order chi connectivity index (χ1) is 15.7. The Kier molecular flexibility index (Phi) is 6.35. The molecule has 0 radical (unpaired) electrons. The van der Waals surface area contributed by atoms with Gasteiger partial charge in [0.2, 0.25) is 0 Å². The van der Waals surface area contributed by atoms with E-state index in [1.54, 1.807) is 19.2 Å². The quantitative estimate of drug-likeness (QED) is 0.574. The third kappa shape index (κ3) is 4.83. The number of hydrogen-bond acceptors (Lipinski definition) is 5. The number of esters is 1. The van der Waals surface area contributed by atoms with Crippen LogP contribution in [0.25, 0.3) is 0 Å². The summed E-state index contributed by atoms with van der Waals surface area (Å²) in [7, 11) is 1.61. The van der Waals surface area contributed by atoms with Crippen molar-refractivity contribution < 1.29 is 19.1 Å². The van der Waals surface area contributed by atoms with Gasteiger partial charge in [-0.05, 0) is 54.2 Å². The molecule has 0 fully saturated rings. The summed E-state index contributed by atoms with van der Waals surface area (Å²) in [6, 6.07) is 14.7. The summed E-state index contributed by atoms with van der Waals surface area (Å²) in [5, 5.41) is 3.95. The summed E-state index contributed by atoms with van der Waals surface area (Å²) < 4.78 is 10.9. The van der Waals surface area contributed by atoms with Gasteiger partial charge in [0.1, 0.15) is 12.4 Å². The minimum absolute atomic E-state index is 0.0571. The summed E-state index contributed by atoms with van der Waals surface area (Å²) in [5.74, 6) is -0.145. The number of benzene rings is 2. The lowest BCUT2D eigenvalue weighted by molar-refractivity contribution is -0.140. The molecule has 1 N–H and O–H groups in total. The Morgan fingerprint density at radius 3 is 2.39 bits per heavy atom. The lowest BCUT2D eigenvalue weighted by atomic mass is 9.68. The van der Waals surface area contributed by atoms with Crippen molar-refractivity contribution in [1.29, 1.82) is 0 Å². The Labute approximate surface area is 199 Å². The van der Waals surface area contributed by atoms with Gasteiger partial charge in [-0.15, -0.1) is 0 Å². The van der Waals surface area contributed by atoms with E-state index < -0.39 is 11.9 Å². The third-order valence-electron chi connectivity index (χ3n) is 6.19. The molecule has 0 amide bonds. The van der Waals surface area contributed by atoms with E-state index in [1.165, 1.54) is 0 Å². The maximum atomic E-state index is 13.4. The van der Waals surface area contributed by atoms with Crippen LogP contribution in [0.2, 0.25) is 5.02 Å². The van der Waals surface area contributed by atoms with Crippen LogP contribution in [0.4, 0.5) is 0 Å². The van der Waals surface area contributed by atoms with Gasteiger partial charge in [0.25, 0.3) is 0 Å². The monoisotopic (exact) mass is 465 g/mol. The zero-order valence-electron chi connectivity index (χ0n) is 19.3. The molecule has 1 heterocycles. The molecule has 0 saturated carbocycles. The fourth-order valence-corrected chi connectivity index (χ4v) is 4.77. The first-order valence-corrected chi connectivity index (χ1v) is 11.4. The number of nitrogens with one attached hydrogen (secondary N) is 1. The molecular weight excluding hydrogens is 438 g/mol. The zero-order valence-corrected chi connectivity index (χ0v) is 20.1. The van der Waals surface area contributed by atoms with Crippen molar-refractivity contribution >= 4 is 23.4 Å². The van der Waals surface area contributed by atoms with E-state index in [1.807, 2.05) is 43.3 Å². The van der Waals surface area contributed by atoms with Crippen LogP contribution < -0.4 is 10.1 Å². The molecule has 1 aliphatic carbocycles. The number of ether oxygens (including phenoxy) is 2. The lowest BCUT2D eigenvalue weighted by Crippen LogP contribution is -2.38. The fraction of sp³-hybridized carbons (Fsp3) is 0.333. The van der Waals surface area contributed by atoms with Crippen molar-refractivity contribution in [2.24, 2.45) is 5.41 Å². The molecule has 6 heteroatoms. The van der Waals surface area contributed by atoms with Gasteiger partial charge in [-0.25, -0.2) is 4.79 Å². The van der Waals surface area contributed by atoms with Crippen molar-refractivity contribution in [3.63, 3.8) is 0 Å². The van der Waals surface area contributed by atoms with E-state index in [0.717, 1.165) is 29.0 Å². The molecule has 2 aromatic carbocycles. The summed E-state index contributed by atoms with van der Waals surface area (Å²) in [5.41, 5.74) is 4.26. The molecule has 0 spiro atoms. The van der Waals surface area contributed by atoms with E-state index in [0.29, 0.717) is 28.3 Å². The second-order valence-electron chi connectivity index (χ2n) is 9.41. The summed E-state index contributed by atoms with van der Waals surface area (Å²) in [6.45, 7) is 6.17. The number of methoxy groups -OCH3 is 1. The fourth-order valence-electron chi connectivity index (χ4n) is 4.64. The number of allylic oxidation sites excluding steroid dienone is 3. The van der Waals surface area contributed by atoms with Crippen LogP contribution in [0.5, 0.6) is 5.75 Å². The van der Waals surface area contributed by atoms with E-state index in [9.17, 15) is 9.59 Å². The molecule has 1 atom stereocenters. The first kappa shape index (κ1) is 23.1. The minimum atomic E-state index is -0.495. The smallest absolute Gasteiger partial charge is 0.337 e. The molecule has 0 aromatic heterocycles. The SMILES string of the molecule is COc1ccc(COC(=O)C2=C(C)NC3=C(C(=O)CC(C)(C)C3)[C@H]2c2ccc(Cl)cc2)cc1. The Morgan fingerprint density at radius 1 is 1.09 bits per heavy atom. The Balaban J connectivity index is 1.68. The number of ketones is 1. The minimum Gasteiger partial charge on any atom is -0.497 e. The van der Waals surface area contributed by atoms with Gasteiger partial charge < -0.3 is 14.8 Å². The van der Waals surface area contributed by atoms with Crippen LogP contribution in [-0.2, 0) is 20.9 Å². The molecule has 0 bridgehead atoms. The molecule has 1 aliphatic heterocycles. The van der Waals surface area contributed by atoms with Gasteiger partial charge >= 0.3 is 5.97 Å². The number of hydrogen-bond donors (Lipinski definition) is 1. The highest BCUT2D eigenvalue weighted by Gasteiger charge is 2.43. The van der Waals surface area contributed by atoms with Crippen LogP contribution in [0.3, 0.4) is 0 Å². The largest absolute Gasteiger partial charge is 0.497 e. The zero-order chi connectivity index (χ0) is 23.8. The van der Waals surface area contributed by atoms with Crippen LogP contribution >= 0.6 is 11.6 Å². The number of rotatable bonds is 5.